The zero-order valence-electron chi connectivity index (χ0n) is 8.28. The molecule has 0 saturated heterocycles. The van der Waals surface area contributed by atoms with Crippen LogP contribution in [-0.4, -0.2) is 9.97 Å². The first kappa shape index (κ1) is 9.92. The number of rotatable bonds is 2. The molecule has 0 aliphatic rings. The Morgan fingerprint density at radius 2 is 2.33 bits per heavy atom. The van der Waals surface area contributed by atoms with Crippen molar-refractivity contribution in [1.82, 2.24) is 9.97 Å². The summed E-state index contributed by atoms with van der Waals surface area (Å²) >= 11 is 1.40. The van der Waals surface area contributed by atoms with Gasteiger partial charge in [-0.05, 0) is 12.5 Å². The van der Waals surface area contributed by atoms with E-state index < -0.39 is 0 Å². The molecule has 0 aliphatic heterocycles. The quantitative estimate of drug-likeness (QED) is 0.809. The van der Waals surface area contributed by atoms with Crippen LogP contribution in [0.4, 0.5) is 5.13 Å². The number of anilines is 1. The topological polar surface area (TPSA) is 71.8 Å². The molecule has 2 heterocycles. The van der Waals surface area contributed by atoms with Crippen LogP contribution >= 0.6 is 11.3 Å². The van der Waals surface area contributed by atoms with Gasteiger partial charge in [-0.1, -0.05) is 6.92 Å². The van der Waals surface area contributed by atoms with Crippen molar-refractivity contribution in [3.63, 3.8) is 0 Å². The molecule has 2 rings (SSSR count). The Morgan fingerprint density at radius 3 is 2.93 bits per heavy atom. The highest BCUT2D eigenvalue weighted by atomic mass is 32.1. The summed E-state index contributed by atoms with van der Waals surface area (Å²) in [5.74, 6) is 0. The summed E-state index contributed by atoms with van der Waals surface area (Å²) in [6.07, 6.45) is 0.767. The summed E-state index contributed by atoms with van der Waals surface area (Å²) in [6, 6.07) is 3.29. The third-order valence-corrected chi connectivity index (χ3v) is 2.83. The minimum Gasteiger partial charge on any atom is -0.375 e. The molecule has 0 atom stereocenters. The van der Waals surface area contributed by atoms with Crippen molar-refractivity contribution in [3.8, 4) is 11.3 Å². The standard InChI is InChI=1S/C10H11N3OS/c1-2-7-6(3-4-9(14)12-7)8-5-15-10(11)13-8/h3-5H,2H2,1H3,(H2,11,13)(H,12,14). The van der Waals surface area contributed by atoms with Gasteiger partial charge < -0.3 is 10.7 Å². The van der Waals surface area contributed by atoms with E-state index in [-0.39, 0.29) is 5.56 Å². The lowest BCUT2D eigenvalue weighted by Crippen LogP contribution is -2.07. The molecular formula is C10H11N3OS. The van der Waals surface area contributed by atoms with Crippen LogP contribution in [-0.2, 0) is 6.42 Å². The van der Waals surface area contributed by atoms with Crippen molar-refractivity contribution in [1.29, 1.82) is 0 Å². The van der Waals surface area contributed by atoms with E-state index in [9.17, 15) is 4.79 Å². The first-order valence-corrected chi connectivity index (χ1v) is 5.52. The molecular weight excluding hydrogens is 210 g/mol. The maximum absolute atomic E-state index is 11.1. The number of nitrogens with one attached hydrogen (secondary N) is 1. The van der Waals surface area contributed by atoms with Crippen LogP contribution in [0.1, 0.15) is 12.6 Å². The van der Waals surface area contributed by atoms with E-state index in [1.54, 1.807) is 6.07 Å². The Labute approximate surface area is 90.8 Å². The zero-order valence-corrected chi connectivity index (χ0v) is 9.10. The van der Waals surface area contributed by atoms with Gasteiger partial charge in [-0.3, -0.25) is 4.79 Å². The van der Waals surface area contributed by atoms with Crippen LogP contribution < -0.4 is 11.3 Å². The van der Waals surface area contributed by atoms with Crippen molar-refractivity contribution in [2.24, 2.45) is 0 Å². The Morgan fingerprint density at radius 1 is 1.53 bits per heavy atom. The zero-order chi connectivity index (χ0) is 10.8. The number of thiazole rings is 1. The van der Waals surface area contributed by atoms with Gasteiger partial charge in [-0.15, -0.1) is 11.3 Å². The van der Waals surface area contributed by atoms with Crippen LogP contribution in [0.2, 0.25) is 0 Å². The predicted molar refractivity (Wildman–Crippen MR) is 62.0 cm³/mol. The second-order valence-electron chi connectivity index (χ2n) is 3.14. The second-order valence-corrected chi connectivity index (χ2v) is 4.03. The number of nitrogens with zero attached hydrogens (tertiary/aromatic N) is 1. The van der Waals surface area contributed by atoms with Gasteiger partial charge in [0.15, 0.2) is 5.13 Å². The monoisotopic (exact) mass is 221 g/mol. The van der Waals surface area contributed by atoms with E-state index in [2.05, 4.69) is 9.97 Å². The van der Waals surface area contributed by atoms with Crippen LogP contribution in [0, 0.1) is 0 Å². The first-order valence-electron chi connectivity index (χ1n) is 4.64. The Kier molecular flexibility index (Phi) is 2.55. The maximum atomic E-state index is 11.1. The number of hydrogen-bond donors (Lipinski definition) is 2. The number of nitrogen functional groups attached to an aromatic ring is 1. The first-order chi connectivity index (χ1) is 7.20. The summed E-state index contributed by atoms with van der Waals surface area (Å²) in [5.41, 5.74) is 8.16. The molecule has 0 radical (unpaired) electrons. The summed E-state index contributed by atoms with van der Waals surface area (Å²) in [6.45, 7) is 1.99. The smallest absolute Gasteiger partial charge is 0.248 e. The number of nitrogens with two attached hydrogens (primary N) is 1. The summed E-state index contributed by atoms with van der Waals surface area (Å²) in [7, 11) is 0. The molecule has 5 heteroatoms. The number of hydrogen-bond acceptors (Lipinski definition) is 4. The Balaban J connectivity index is 2.57. The van der Waals surface area contributed by atoms with Crippen molar-refractivity contribution in [2.45, 2.75) is 13.3 Å². The number of aromatic amines is 1. The maximum Gasteiger partial charge on any atom is 0.248 e. The van der Waals surface area contributed by atoms with E-state index in [4.69, 9.17) is 5.73 Å². The average Bonchev–Trinajstić information content (AvgIpc) is 2.64. The lowest BCUT2D eigenvalue weighted by molar-refractivity contribution is 1.01. The van der Waals surface area contributed by atoms with Gasteiger partial charge in [0, 0.05) is 22.7 Å². The molecule has 0 aliphatic carbocycles. The van der Waals surface area contributed by atoms with E-state index >= 15 is 0 Å². The van der Waals surface area contributed by atoms with Crippen LogP contribution in [0.3, 0.4) is 0 Å². The molecule has 0 bridgehead atoms. The molecule has 0 unspecified atom stereocenters. The van der Waals surface area contributed by atoms with Crippen molar-refractivity contribution in [2.75, 3.05) is 5.73 Å². The molecule has 3 N–H and O–H groups in total. The third kappa shape index (κ3) is 1.92. The minimum absolute atomic E-state index is 0.0844. The molecule has 0 saturated carbocycles. The second kappa shape index (κ2) is 3.86. The molecule has 78 valence electrons. The van der Waals surface area contributed by atoms with Gasteiger partial charge in [0.1, 0.15) is 0 Å². The fourth-order valence-electron chi connectivity index (χ4n) is 1.45. The minimum atomic E-state index is -0.0844. The molecule has 0 spiro atoms. The van der Waals surface area contributed by atoms with Crippen LogP contribution in [0.25, 0.3) is 11.3 Å². The highest BCUT2D eigenvalue weighted by Crippen LogP contribution is 2.24. The molecule has 0 amide bonds. The SMILES string of the molecule is CCc1[nH]c(=O)ccc1-c1csc(N)n1. The third-order valence-electron chi connectivity index (χ3n) is 2.15. The predicted octanol–water partition coefficient (Wildman–Crippen LogP) is 1.64. The van der Waals surface area contributed by atoms with E-state index in [0.717, 1.165) is 23.4 Å². The lowest BCUT2D eigenvalue weighted by atomic mass is 10.1. The highest BCUT2D eigenvalue weighted by molar-refractivity contribution is 7.13. The van der Waals surface area contributed by atoms with Gasteiger partial charge in [0.25, 0.3) is 0 Å². The molecule has 4 nitrogen and oxygen atoms in total. The molecule has 0 aromatic carbocycles. The number of aromatic nitrogens is 2. The molecule has 2 aromatic rings. The fourth-order valence-corrected chi connectivity index (χ4v) is 2.01. The van der Waals surface area contributed by atoms with Crippen molar-refractivity contribution >= 4 is 16.5 Å². The fraction of sp³-hybridized carbons (Fsp3) is 0.200. The largest absolute Gasteiger partial charge is 0.375 e. The van der Waals surface area contributed by atoms with Gasteiger partial charge in [-0.2, -0.15) is 0 Å². The van der Waals surface area contributed by atoms with E-state index in [1.807, 2.05) is 12.3 Å². The van der Waals surface area contributed by atoms with Crippen LogP contribution in [0.5, 0.6) is 0 Å². The van der Waals surface area contributed by atoms with Crippen molar-refractivity contribution < 1.29 is 0 Å². The Hall–Kier alpha value is -1.62. The van der Waals surface area contributed by atoms with E-state index in [0.29, 0.717) is 5.13 Å². The number of aryl methyl sites for hydroxylation is 1. The van der Waals surface area contributed by atoms with Crippen molar-refractivity contribution in [3.05, 3.63) is 33.6 Å². The van der Waals surface area contributed by atoms with Gasteiger partial charge in [0.05, 0.1) is 5.69 Å². The normalized spacial score (nSPS) is 10.5. The summed E-state index contributed by atoms with van der Waals surface area (Å²) in [5, 5.41) is 2.43. The average molecular weight is 221 g/mol. The van der Waals surface area contributed by atoms with Gasteiger partial charge in [-0.25, -0.2) is 4.98 Å². The molecule has 2 aromatic heterocycles. The van der Waals surface area contributed by atoms with E-state index in [1.165, 1.54) is 17.4 Å². The number of H-pyrrole nitrogens is 1. The molecule has 15 heavy (non-hydrogen) atoms. The van der Waals surface area contributed by atoms with Crippen LogP contribution in [0.15, 0.2) is 22.3 Å². The Bertz CT molecular complexity index is 529. The summed E-state index contributed by atoms with van der Waals surface area (Å²) < 4.78 is 0. The summed E-state index contributed by atoms with van der Waals surface area (Å²) in [4.78, 5) is 18.1. The lowest BCUT2D eigenvalue weighted by Gasteiger charge is -2.03. The molecule has 0 fully saturated rings. The highest BCUT2D eigenvalue weighted by Gasteiger charge is 2.07. The number of pyridine rings is 1. The van der Waals surface area contributed by atoms with Gasteiger partial charge >= 0.3 is 0 Å². The van der Waals surface area contributed by atoms with Gasteiger partial charge in [0.2, 0.25) is 5.56 Å².